The number of benzene rings is 1. The summed E-state index contributed by atoms with van der Waals surface area (Å²) in [5.74, 6) is -0.123. The molecule has 19 heavy (non-hydrogen) atoms. The van der Waals surface area contributed by atoms with Gasteiger partial charge < -0.3 is 14.4 Å². The van der Waals surface area contributed by atoms with Gasteiger partial charge >= 0.3 is 5.97 Å². The van der Waals surface area contributed by atoms with E-state index in [-0.39, 0.29) is 22.9 Å². The quantitative estimate of drug-likeness (QED) is 0.907. The third kappa shape index (κ3) is 3.03. The number of aryl methyl sites for hydroxylation is 1. The first-order valence-electron chi connectivity index (χ1n) is 5.58. The van der Waals surface area contributed by atoms with Crippen molar-refractivity contribution in [3.63, 3.8) is 0 Å². The molecule has 0 aliphatic heterocycles. The van der Waals surface area contributed by atoms with E-state index in [1.807, 2.05) is 6.92 Å². The van der Waals surface area contributed by atoms with Crippen LogP contribution in [0.1, 0.15) is 29.0 Å². The number of aromatic carboxylic acids is 1. The number of nitrogens with zero attached hydrogens (tertiary/aromatic N) is 2. The summed E-state index contributed by atoms with van der Waals surface area (Å²) < 4.78 is 10.3. The summed E-state index contributed by atoms with van der Waals surface area (Å²) in [7, 11) is 0. The molecule has 2 rings (SSSR count). The molecule has 0 aliphatic carbocycles. The molecule has 1 heterocycles. The molecule has 7 heteroatoms. The fraction of sp³-hybridized carbons (Fsp3) is 0.250. The minimum absolute atomic E-state index is 0.0180. The summed E-state index contributed by atoms with van der Waals surface area (Å²) >= 11 is 5.82. The summed E-state index contributed by atoms with van der Waals surface area (Å²) in [6.45, 7) is 1.90. The number of ether oxygens (including phenoxy) is 1. The lowest BCUT2D eigenvalue weighted by molar-refractivity contribution is 0.0692. The minimum atomic E-state index is -1.15. The number of rotatable bonds is 5. The Morgan fingerprint density at radius 2 is 2.32 bits per heavy atom. The number of halogens is 1. The fourth-order valence-electron chi connectivity index (χ4n) is 1.47. The predicted octanol–water partition coefficient (Wildman–Crippen LogP) is 2.56. The molecule has 0 unspecified atom stereocenters. The second kappa shape index (κ2) is 5.71. The molecule has 2 aromatic rings. The van der Waals surface area contributed by atoms with E-state index in [9.17, 15) is 4.79 Å². The molecule has 0 saturated carbocycles. The van der Waals surface area contributed by atoms with E-state index < -0.39 is 5.97 Å². The van der Waals surface area contributed by atoms with Crippen LogP contribution in [0.15, 0.2) is 22.7 Å². The maximum Gasteiger partial charge on any atom is 0.341 e. The molecule has 0 bridgehead atoms. The van der Waals surface area contributed by atoms with Crippen LogP contribution in [-0.2, 0) is 13.0 Å². The summed E-state index contributed by atoms with van der Waals surface area (Å²) in [5, 5.41) is 12.9. The number of hydrogen-bond acceptors (Lipinski definition) is 5. The zero-order chi connectivity index (χ0) is 13.8. The maximum atomic E-state index is 11.1. The topological polar surface area (TPSA) is 85.5 Å². The van der Waals surface area contributed by atoms with Crippen molar-refractivity contribution in [1.29, 1.82) is 0 Å². The third-order valence-corrected chi connectivity index (χ3v) is 2.67. The molecule has 1 aromatic heterocycles. The van der Waals surface area contributed by atoms with Gasteiger partial charge in [-0.2, -0.15) is 4.98 Å². The van der Waals surface area contributed by atoms with Crippen LogP contribution in [0.4, 0.5) is 0 Å². The van der Waals surface area contributed by atoms with Crippen LogP contribution >= 0.6 is 11.6 Å². The van der Waals surface area contributed by atoms with Crippen LogP contribution < -0.4 is 4.74 Å². The van der Waals surface area contributed by atoms with Crippen molar-refractivity contribution in [2.75, 3.05) is 0 Å². The molecule has 1 N–H and O–H groups in total. The molecule has 0 radical (unpaired) electrons. The second-order valence-corrected chi connectivity index (χ2v) is 4.07. The van der Waals surface area contributed by atoms with Gasteiger partial charge in [-0.1, -0.05) is 29.7 Å². The Kier molecular flexibility index (Phi) is 4.01. The largest absolute Gasteiger partial charge is 0.485 e. The van der Waals surface area contributed by atoms with Gasteiger partial charge in [-0.25, -0.2) is 4.79 Å². The Morgan fingerprint density at radius 3 is 2.95 bits per heavy atom. The van der Waals surface area contributed by atoms with E-state index in [2.05, 4.69) is 10.1 Å². The molecular weight excluding hydrogens is 272 g/mol. The minimum Gasteiger partial charge on any atom is -0.485 e. The normalized spacial score (nSPS) is 10.4. The number of carbonyl (C=O) groups is 1. The lowest BCUT2D eigenvalue weighted by Crippen LogP contribution is -2.05. The molecule has 0 fully saturated rings. The molecular formula is C12H11ClN2O4. The standard InChI is InChI=1S/C12H11ClN2O4/c1-2-10-14-9(15-19-10)6-18-8-5-3-4-7(13)11(8)12(16)17/h3-5H,2,6H2,1H3,(H,16,17). The van der Waals surface area contributed by atoms with Crippen LogP contribution in [0.3, 0.4) is 0 Å². The molecule has 0 amide bonds. The zero-order valence-electron chi connectivity index (χ0n) is 10.1. The van der Waals surface area contributed by atoms with E-state index >= 15 is 0 Å². The summed E-state index contributed by atoms with van der Waals surface area (Å²) in [6, 6.07) is 4.62. The lowest BCUT2D eigenvalue weighted by Gasteiger charge is -2.08. The van der Waals surface area contributed by atoms with Gasteiger partial charge in [0.1, 0.15) is 11.3 Å². The van der Waals surface area contributed by atoms with E-state index in [1.165, 1.54) is 12.1 Å². The van der Waals surface area contributed by atoms with E-state index in [0.29, 0.717) is 18.1 Å². The second-order valence-electron chi connectivity index (χ2n) is 3.66. The first kappa shape index (κ1) is 13.4. The number of aromatic nitrogens is 2. The van der Waals surface area contributed by atoms with Crippen LogP contribution in [0.5, 0.6) is 5.75 Å². The highest BCUT2D eigenvalue weighted by atomic mass is 35.5. The van der Waals surface area contributed by atoms with E-state index in [4.69, 9.17) is 26.0 Å². The Morgan fingerprint density at radius 1 is 1.53 bits per heavy atom. The highest BCUT2D eigenvalue weighted by Crippen LogP contribution is 2.26. The highest BCUT2D eigenvalue weighted by Gasteiger charge is 2.16. The molecule has 0 spiro atoms. The Hall–Kier alpha value is -2.08. The smallest absolute Gasteiger partial charge is 0.341 e. The van der Waals surface area contributed by atoms with Crippen molar-refractivity contribution in [2.24, 2.45) is 0 Å². The van der Waals surface area contributed by atoms with Crippen LogP contribution in [-0.4, -0.2) is 21.2 Å². The van der Waals surface area contributed by atoms with Crippen molar-refractivity contribution in [1.82, 2.24) is 10.1 Å². The van der Waals surface area contributed by atoms with Crippen LogP contribution in [0.2, 0.25) is 5.02 Å². The molecule has 100 valence electrons. The average molecular weight is 283 g/mol. The van der Waals surface area contributed by atoms with Gasteiger partial charge in [0.2, 0.25) is 11.7 Å². The first-order chi connectivity index (χ1) is 9.11. The van der Waals surface area contributed by atoms with Gasteiger partial charge in [-0.15, -0.1) is 0 Å². The first-order valence-corrected chi connectivity index (χ1v) is 5.95. The molecule has 6 nitrogen and oxygen atoms in total. The SMILES string of the molecule is CCc1nc(COc2cccc(Cl)c2C(=O)O)no1. The van der Waals surface area contributed by atoms with Crippen molar-refractivity contribution < 1.29 is 19.2 Å². The number of carboxylic acids is 1. The Bertz CT molecular complexity index is 597. The lowest BCUT2D eigenvalue weighted by atomic mass is 10.2. The van der Waals surface area contributed by atoms with Gasteiger partial charge in [0.25, 0.3) is 0 Å². The zero-order valence-corrected chi connectivity index (χ0v) is 10.8. The summed E-state index contributed by atoms with van der Waals surface area (Å²) in [4.78, 5) is 15.1. The average Bonchev–Trinajstić information content (AvgIpc) is 2.83. The van der Waals surface area contributed by atoms with Gasteiger partial charge in [0, 0.05) is 6.42 Å². The molecule has 0 aliphatic rings. The predicted molar refractivity (Wildman–Crippen MR) is 66.4 cm³/mol. The van der Waals surface area contributed by atoms with Gasteiger partial charge in [0.05, 0.1) is 5.02 Å². The van der Waals surface area contributed by atoms with Crippen molar-refractivity contribution in [3.05, 3.63) is 40.5 Å². The van der Waals surface area contributed by atoms with Gasteiger partial charge in [0.15, 0.2) is 6.61 Å². The summed E-state index contributed by atoms with van der Waals surface area (Å²) in [6.07, 6.45) is 0.630. The highest BCUT2D eigenvalue weighted by molar-refractivity contribution is 6.33. The van der Waals surface area contributed by atoms with Crippen molar-refractivity contribution >= 4 is 17.6 Å². The number of hydrogen-bond donors (Lipinski definition) is 1. The van der Waals surface area contributed by atoms with Gasteiger partial charge in [-0.05, 0) is 12.1 Å². The fourth-order valence-corrected chi connectivity index (χ4v) is 1.71. The molecule has 1 aromatic carbocycles. The van der Waals surface area contributed by atoms with E-state index in [0.717, 1.165) is 0 Å². The van der Waals surface area contributed by atoms with Crippen LogP contribution in [0.25, 0.3) is 0 Å². The van der Waals surface area contributed by atoms with Crippen molar-refractivity contribution in [3.8, 4) is 5.75 Å². The summed E-state index contributed by atoms with van der Waals surface area (Å²) in [5.41, 5.74) is -0.0802. The monoisotopic (exact) mass is 282 g/mol. The van der Waals surface area contributed by atoms with Crippen LogP contribution in [0, 0.1) is 0 Å². The molecule has 0 atom stereocenters. The maximum absolute atomic E-state index is 11.1. The molecule has 0 saturated heterocycles. The van der Waals surface area contributed by atoms with Crippen molar-refractivity contribution in [2.45, 2.75) is 20.0 Å². The Labute approximate surface area is 114 Å². The van der Waals surface area contributed by atoms with E-state index in [1.54, 1.807) is 6.07 Å². The van der Waals surface area contributed by atoms with Gasteiger partial charge in [-0.3, -0.25) is 0 Å². The third-order valence-electron chi connectivity index (χ3n) is 2.36. The number of carboxylic acid groups (broad SMARTS) is 1. The Balaban J connectivity index is 2.15.